The van der Waals surface area contributed by atoms with E-state index in [4.69, 9.17) is 10.5 Å². The van der Waals surface area contributed by atoms with Gasteiger partial charge in [0.1, 0.15) is 5.75 Å². The standard InChI is InChI=1S/C12H17F2NO/c1-8-4-10(6-12(13,14)7-15)11(16-3)5-9(8)2/h4-5H,6-7,15H2,1-3H3. The Morgan fingerprint density at radius 1 is 1.25 bits per heavy atom. The lowest BCUT2D eigenvalue weighted by atomic mass is 10.0. The molecule has 0 aliphatic heterocycles. The first-order chi connectivity index (χ1) is 7.39. The number of hydrogen-bond acceptors (Lipinski definition) is 2. The summed E-state index contributed by atoms with van der Waals surface area (Å²) in [5.74, 6) is -2.38. The molecule has 0 heterocycles. The van der Waals surface area contributed by atoms with Gasteiger partial charge in [-0.05, 0) is 31.0 Å². The van der Waals surface area contributed by atoms with E-state index < -0.39 is 12.5 Å². The van der Waals surface area contributed by atoms with Crippen molar-refractivity contribution in [1.82, 2.24) is 0 Å². The summed E-state index contributed by atoms with van der Waals surface area (Å²) in [7, 11) is 1.48. The van der Waals surface area contributed by atoms with Crippen LogP contribution in [0.3, 0.4) is 0 Å². The Bertz CT molecular complexity index is 378. The summed E-state index contributed by atoms with van der Waals surface area (Å²) in [4.78, 5) is 0. The molecule has 0 saturated carbocycles. The monoisotopic (exact) mass is 229 g/mol. The van der Waals surface area contributed by atoms with Gasteiger partial charge in [0.05, 0.1) is 13.7 Å². The first kappa shape index (κ1) is 12.9. The number of rotatable bonds is 4. The van der Waals surface area contributed by atoms with Crippen LogP contribution in [0.15, 0.2) is 12.1 Å². The summed E-state index contributed by atoms with van der Waals surface area (Å²) in [6, 6.07) is 3.51. The third-order valence-electron chi connectivity index (χ3n) is 2.64. The quantitative estimate of drug-likeness (QED) is 0.860. The number of methoxy groups -OCH3 is 1. The molecule has 0 saturated heterocycles. The Morgan fingerprint density at radius 2 is 1.81 bits per heavy atom. The van der Waals surface area contributed by atoms with Gasteiger partial charge in [-0.2, -0.15) is 0 Å². The van der Waals surface area contributed by atoms with Crippen LogP contribution in [-0.2, 0) is 6.42 Å². The maximum Gasteiger partial charge on any atom is 0.264 e. The fraction of sp³-hybridized carbons (Fsp3) is 0.500. The molecule has 0 radical (unpaired) electrons. The lowest BCUT2D eigenvalue weighted by Crippen LogP contribution is -2.30. The highest BCUT2D eigenvalue weighted by Gasteiger charge is 2.28. The van der Waals surface area contributed by atoms with Crippen molar-refractivity contribution < 1.29 is 13.5 Å². The molecule has 1 aromatic carbocycles. The zero-order valence-electron chi connectivity index (χ0n) is 9.81. The van der Waals surface area contributed by atoms with Crippen LogP contribution in [0.2, 0.25) is 0 Å². The summed E-state index contributed by atoms with van der Waals surface area (Å²) in [6.45, 7) is 3.16. The average Bonchev–Trinajstić information content (AvgIpc) is 2.22. The van der Waals surface area contributed by atoms with E-state index in [1.165, 1.54) is 7.11 Å². The third-order valence-corrected chi connectivity index (χ3v) is 2.64. The molecule has 0 spiro atoms. The van der Waals surface area contributed by atoms with Crippen LogP contribution in [0.25, 0.3) is 0 Å². The van der Waals surface area contributed by atoms with Gasteiger partial charge in [0.2, 0.25) is 0 Å². The second-order valence-electron chi connectivity index (χ2n) is 3.99. The Morgan fingerprint density at radius 3 is 2.31 bits per heavy atom. The van der Waals surface area contributed by atoms with Crippen LogP contribution in [0.1, 0.15) is 16.7 Å². The number of alkyl halides is 2. The van der Waals surface area contributed by atoms with Gasteiger partial charge in [-0.1, -0.05) is 6.07 Å². The number of aryl methyl sites for hydroxylation is 2. The van der Waals surface area contributed by atoms with Gasteiger partial charge in [-0.25, -0.2) is 8.78 Å². The normalized spacial score (nSPS) is 11.6. The minimum atomic E-state index is -2.88. The molecule has 0 amide bonds. The lowest BCUT2D eigenvalue weighted by molar-refractivity contribution is 0.0109. The maximum atomic E-state index is 13.2. The number of nitrogens with two attached hydrogens (primary N) is 1. The molecule has 0 atom stereocenters. The van der Waals surface area contributed by atoms with Gasteiger partial charge >= 0.3 is 0 Å². The molecule has 0 bridgehead atoms. The van der Waals surface area contributed by atoms with E-state index in [1.807, 2.05) is 13.8 Å². The van der Waals surface area contributed by atoms with Crippen LogP contribution in [0, 0.1) is 13.8 Å². The summed E-state index contributed by atoms with van der Waals surface area (Å²) < 4.78 is 31.5. The molecular weight excluding hydrogens is 212 g/mol. The summed E-state index contributed by atoms with van der Waals surface area (Å²) in [5, 5.41) is 0. The van der Waals surface area contributed by atoms with E-state index in [9.17, 15) is 8.78 Å². The Kier molecular flexibility index (Phi) is 3.86. The number of hydrogen-bond donors (Lipinski definition) is 1. The van der Waals surface area contributed by atoms with E-state index in [1.54, 1.807) is 12.1 Å². The van der Waals surface area contributed by atoms with E-state index in [2.05, 4.69) is 0 Å². The van der Waals surface area contributed by atoms with E-state index in [0.717, 1.165) is 11.1 Å². The van der Waals surface area contributed by atoms with Crippen molar-refractivity contribution in [3.8, 4) is 5.75 Å². The van der Waals surface area contributed by atoms with Gasteiger partial charge < -0.3 is 10.5 Å². The van der Waals surface area contributed by atoms with Crippen LogP contribution in [0.4, 0.5) is 8.78 Å². The van der Waals surface area contributed by atoms with Crippen LogP contribution < -0.4 is 10.5 Å². The molecular formula is C12H17F2NO. The molecule has 90 valence electrons. The van der Waals surface area contributed by atoms with Gasteiger partial charge in [-0.3, -0.25) is 0 Å². The summed E-state index contributed by atoms with van der Waals surface area (Å²) in [5.41, 5.74) is 7.52. The minimum Gasteiger partial charge on any atom is -0.496 e. The zero-order chi connectivity index (χ0) is 12.3. The SMILES string of the molecule is COc1cc(C)c(C)cc1CC(F)(F)CN. The second kappa shape index (κ2) is 4.78. The largest absolute Gasteiger partial charge is 0.496 e. The molecule has 0 fully saturated rings. The smallest absolute Gasteiger partial charge is 0.264 e. The minimum absolute atomic E-state index is 0.381. The zero-order valence-corrected chi connectivity index (χ0v) is 9.81. The van der Waals surface area contributed by atoms with Gasteiger partial charge in [-0.15, -0.1) is 0 Å². The molecule has 2 nitrogen and oxygen atoms in total. The maximum absolute atomic E-state index is 13.2. The molecule has 0 aliphatic carbocycles. The first-order valence-corrected chi connectivity index (χ1v) is 5.11. The van der Waals surface area contributed by atoms with Gasteiger partial charge in [0, 0.05) is 12.0 Å². The molecule has 1 rings (SSSR count). The molecule has 16 heavy (non-hydrogen) atoms. The van der Waals surface area contributed by atoms with Gasteiger partial charge in [0.25, 0.3) is 5.92 Å². The highest BCUT2D eigenvalue weighted by Crippen LogP contribution is 2.28. The predicted octanol–water partition coefficient (Wildman–Crippen LogP) is 2.45. The highest BCUT2D eigenvalue weighted by molar-refractivity contribution is 5.42. The summed E-state index contributed by atoms with van der Waals surface area (Å²) >= 11 is 0. The predicted molar refractivity (Wildman–Crippen MR) is 60.2 cm³/mol. The fourth-order valence-electron chi connectivity index (χ4n) is 1.53. The Hall–Kier alpha value is -1.16. The molecule has 4 heteroatoms. The number of ether oxygens (including phenoxy) is 1. The molecule has 2 N–H and O–H groups in total. The van der Waals surface area contributed by atoms with E-state index >= 15 is 0 Å². The fourth-order valence-corrected chi connectivity index (χ4v) is 1.53. The Balaban J connectivity index is 3.08. The molecule has 1 aromatic rings. The number of benzene rings is 1. The van der Waals surface area contributed by atoms with Crippen molar-refractivity contribution >= 4 is 0 Å². The highest BCUT2D eigenvalue weighted by atomic mass is 19.3. The van der Waals surface area contributed by atoms with Crippen molar-refractivity contribution in [2.24, 2.45) is 5.73 Å². The molecule has 0 aliphatic rings. The number of halogens is 2. The second-order valence-corrected chi connectivity index (χ2v) is 3.99. The van der Waals surface area contributed by atoms with Crippen LogP contribution in [-0.4, -0.2) is 19.6 Å². The van der Waals surface area contributed by atoms with Crippen molar-refractivity contribution in [3.63, 3.8) is 0 Å². The lowest BCUT2D eigenvalue weighted by Gasteiger charge is -2.17. The third kappa shape index (κ3) is 2.92. The van der Waals surface area contributed by atoms with Crippen LogP contribution >= 0.6 is 0 Å². The molecule has 0 aromatic heterocycles. The van der Waals surface area contributed by atoms with Crippen molar-refractivity contribution in [3.05, 3.63) is 28.8 Å². The average molecular weight is 229 g/mol. The van der Waals surface area contributed by atoms with Crippen molar-refractivity contribution in [1.29, 1.82) is 0 Å². The van der Waals surface area contributed by atoms with Crippen LogP contribution in [0.5, 0.6) is 5.75 Å². The first-order valence-electron chi connectivity index (χ1n) is 5.11. The Labute approximate surface area is 94.4 Å². The van der Waals surface area contributed by atoms with Gasteiger partial charge in [0.15, 0.2) is 0 Å². The topological polar surface area (TPSA) is 35.2 Å². The summed E-state index contributed by atoms with van der Waals surface area (Å²) in [6.07, 6.45) is -0.381. The van der Waals surface area contributed by atoms with E-state index in [0.29, 0.717) is 11.3 Å². The van der Waals surface area contributed by atoms with Crippen molar-refractivity contribution in [2.45, 2.75) is 26.2 Å². The van der Waals surface area contributed by atoms with E-state index in [-0.39, 0.29) is 6.42 Å². The molecule has 0 unspecified atom stereocenters. The van der Waals surface area contributed by atoms with Crippen molar-refractivity contribution in [2.75, 3.05) is 13.7 Å².